The number of anilines is 1. The molecule has 2 aromatic rings. The predicted molar refractivity (Wildman–Crippen MR) is 93.3 cm³/mol. The van der Waals surface area contributed by atoms with Gasteiger partial charge in [0.05, 0.1) is 0 Å². The van der Waals surface area contributed by atoms with Crippen LogP contribution in [0.3, 0.4) is 0 Å². The number of hydrogen-bond acceptors (Lipinski definition) is 3. The summed E-state index contributed by atoms with van der Waals surface area (Å²) in [5.41, 5.74) is 0.574. The predicted octanol–water partition coefficient (Wildman–Crippen LogP) is 4.59. The number of carbonyl (C=O) groups excluding carboxylic acids is 1. The maximum absolute atomic E-state index is 11.9. The van der Waals surface area contributed by atoms with Gasteiger partial charge < -0.3 is 10.2 Å². The van der Waals surface area contributed by atoms with Crippen molar-refractivity contribution < 1.29 is 14.3 Å². The fourth-order valence-corrected chi connectivity index (χ4v) is 5.22. The van der Waals surface area contributed by atoms with E-state index in [1.165, 1.54) is 0 Å². The standard InChI is InChI=1S/C15H19N2O3PS/c1-3-11(2)22-21(19,20)17-15(18)16-14-9-8-12-6-4-5-7-13(12)10-14/h4-11H,3H2,1-2H3,(H3,16,17,18,19,20). The molecule has 0 aromatic heterocycles. The van der Waals surface area contributed by atoms with Gasteiger partial charge in [0.15, 0.2) is 0 Å². The van der Waals surface area contributed by atoms with Gasteiger partial charge in [-0.05, 0) is 40.7 Å². The molecule has 0 radical (unpaired) electrons. The number of urea groups is 1. The van der Waals surface area contributed by atoms with Gasteiger partial charge in [-0.2, -0.15) is 0 Å². The molecule has 0 fully saturated rings. The number of benzene rings is 2. The van der Waals surface area contributed by atoms with Gasteiger partial charge in [0.2, 0.25) is 0 Å². The van der Waals surface area contributed by atoms with Crippen LogP contribution in [0.5, 0.6) is 0 Å². The van der Waals surface area contributed by atoms with Gasteiger partial charge in [-0.15, -0.1) is 0 Å². The van der Waals surface area contributed by atoms with Crippen LogP contribution >= 0.6 is 18.1 Å². The second-order valence-electron chi connectivity index (χ2n) is 4.97. The second kappa shape index (κ2) is 7.18. The summed E-state index contributed by atoms with van der Waals surface area (Å²) in [4.78, 5) is 21.6. The average Bonchev–Trinajstić information content (AvgIpc) is 2.45. The van der Waals surface area contributed by atoms with E-state index in [-0.39, 0.29) is 5.25 Å². The summed E-state index contributed by atoms with van der Waals surface area (Å²) >= 11 is 0.882. The Balaban J connectivity index is 2.02. The zero-order chi connectivity index (χ0) is 16.2. The molecule has 0 aliphatic rings. The lowest BCUT2D eigenvalue weighted by atomic mass is 10.1. The maximum Gasteiger partial charge on any atom is 0.352 e. The molecule has 3 N–H and O–H groups in total. The molecule has 2 atom stereocenters. The maximum atomic E-state index is 11.9. The van der Waals surface area contributed by atoms with E-state index < -0.39 is 12.8 Å². The van der Waals surface area contributed by atoms with Crippen LogP contribution in [0.15, 0.2) is 42.5 Å². The van der Waals surface area contributed by atoms with Gasteiger partial charge in [0.1, 0.15) is 0 Å². The molecule has 2 rings (SSSR count). The van der Waals surface area contributed by atoms with Crippen LogP contribution in [0.2, 0.25) is 0 Å². The molecular formula is C15H19N2O3PS. The third kappa shape index (κ3) is 4.77. The molecule has 2 aromatic carbocycles. The summed E-state index contributed by atoms with van der Waals surface area (Å²) in [7, 11) is 0. The third-order valence-corrected chi connectivity index (χ3v) is 6.82. The normalized spacial score (nSPS) is 15.0. The van der Waals surface area contributed by atoms with Crippen LogP contribution in [-0.4, -0.2) is 16.2 Å². The Morgan fingerprint density at radius 2 is 1.95 bits per heavy atom. The molecule has 0 spiro atoms. The van der Waals surface area contributed by atoms with E-state index in [0.717, 1.165) is 28.6 Å². The molecule has 5 nitrogen and oxygen atoms in total. The van der Waals surface area contributed by atoms with Crippen molar-refractivity contribution in [2.45, 2.75) is 25.5 Å². The molecule has 2 amide bonds. The Labute approximate surface area is 133 Å². The summed E-state index contributed by atoms with van der Waals surface area (Å²) in [6, 6.07) is 12.5. The Morgan fingerprint density at radius 3 is 2.64 bits per heavy atom. The number of carbonyl (C=O) groups is 1. The van der Waals surface area contributed by atoms with Crippen molar-refractivity contribution >= 4 is 40.6 Å². The van der Waals surface area contributed by atoms with Crippen molar-refractivity contribution in [2.75, 3.05) is 5.32 Å². The van der Waals surface area contributed by atoms with Gasteiger partial charge in [0.25, 0.3) is 0 Å². The highest BCUT2D eigenvalue weighted by Gasteiger charge is 2.24. The van der Waals surface area contributed by atoms with Crippen LogP contribution < -0.4 is 10.4 Å². The molecule has 0 saturated heterocycles. The van der Waals surface area contributed by atoms with E-state index in [0.29, 0.717) is 5.69 Å². The molecular weight excluding hydrogens is 319 g/mol. The summed E-state index contributed by atoms with van der Waals surface area (Å²) in [5.74, 6) is 0. The number of nitrogens with one attached hydrogen (secondary N) is 2. The smallest absolute Gasteiger partial charge is 0.321 e. The van der Waals surface area contributed by atoms with Gasteiger partial charge in [0, 0.05) is 10.9 Å². The number of fused-ring (bicyclic) bond motifs is 1. The van der Waals surface area contributed by atoms with Crippen molar-refractivity contribution in [2.24, 2.45) is 0 Å². The fourth-order valence-electron chi connectivity index (χ4n) is 1.90. The van der Waals surface area contributed by atoms with Gasteiger partial charge in [-0.1, -0.05) is 44.2 Å². The van der Waals surface area contributed by atoms with E-state index in [1.54, 1.807) is 6.07 Å². The first kappa shape index (κ1) is 16.9. The quantitative estimate of drug-likeness (QED) is 0.697. The molecule has 0 bridgehead atoms. The topological polar surface area (TPSA) is 78.4 Å². The fraction of sp³-hybridized carbons (Fsp3) is 0.267. The summed E-state index contributed by atoms with van der Waals surface area (Å²) in [5, 5.41) is 6.78. The minimum Gasteiger partial charge on any atom is -0.321 e. The minimum atomic E-state index is -3.75. The summed E-state index contributed by atoms with van der Waals surface area (Å²) < 4.78 is 11.9. The van der Waals surface area contributed by atoms with Crippen molar-refractivity contribution in [1.29, 1.82) is 0 Å². The lowest BCUT2D eigenvalue weighted by molar-refractivity contribution is 0.256. The van der Waals surface area contributed by atoms with Crippen LogP contribution in [-0.2, 0) is 4.57 Å². The van der Waals surface area contributed by atoms with E-state index in [9.17, 15) is 14.3 Å². The van der Waals surface area contributed by atoms with Crippen LogP contribution in [0.4, 0.5) is 10.5 Å². The zero-order valence-corrected chi connectivity index (χ0v) is 14.2. The van der Waals surface area contributed by atoms with Crippen molar-refractivity contribution in [3.63, 3.8) is 0 Å². The Bertz CT molecular complexity index is 723. The van der Waals surface area contributed by atoms with Crippen molar-refractivity contribution in [3.05, 3.63) is 42.5 Å². The lowest BCUT2D eigenvalue weighted by Crippen LogP contribution is -2.25. The van der Waals surface area contributed by atoms with Crippen molar-refractivity contribution in [1.82, 2.24) is 5.09 Å². The summed E-state index contributed by atoms with van der Waals surface area (Å²) in [6.07, 6.45) is 0.753. The van der Waals surface area contributed by atoms with E-state index in [1.807, 2.05) is 50.2 Å². The monoisotopic (exact) mass is 338 g/mol. The molecule has 0 aliphatic carbocycles. The molecule has 2 unspecified atom stereocenters. The molecule has 0 aliphatic heterocycles. The SMILES string of the molecule is CCC(C)SP(=O)(O)NC(=O)Nc1ccc2ccccc2c1. The largest absolute Gasteiger partial charge is 0.352 e. The molecule has 22 heavy (non-hydrogen) atoms. The number of rotatable bonds is 5. The Morgan fingerprint density at radius 1 is 1.27 bits per heavy atom. The van der Waals surface area contributed by atoms with Gasteiger partial charge >= 0.3 is 12.8 Å². The number of amides is 2. The number of hydrogen-bond donors (Lipinski definition) is 3. The zero-order valence-electron chi connectivity index (χ0n) is 12.4. The molecule has 7 heteroatoms. The highest BCUT2D eigenvalue weighted by Crippen LogP contribution is 2.53. The molecule has 0 saturated carbocycles. The van der Waals surface area contributed by atoms with Crippen LogP contribution in [0.25, 0.3) is 10.8 Å². The van der Waals surface area contributed by atoms with Crippen LogP contribution in [0.1, 0.15) is 20.3 Å². The van der Waals surface area contributed by atoms with Crippen molar-refractivity contribution in [3.8, 4) is 0 Å². The van der Waals surface area contributed by atoms with Crippen LogP contribution in [0, 0.1) is 0 Å². The lowest BCUT2D eigenvalue weighted by Gasteiger charge is -2.16. The Hall–Kier alpha value is -1.49. The summed E-state index contributed by atoms with van der Waals surface area (Å²) in [6.45, 7) is 0.0154. The highest BCUT2D eigenvalue weighted by molar-refractivity contribution is 8.56. The first-order chi connectivity index (χ1) is 10.4. The molecule has 0 heterocycles. The van der Waals surface area contributed by atoms with Gasteiger partial charge in [-0.3, -0.25) is 9.65 Å². The van der Waals surface area contributed by atoms with E-state index in [4.69, 9.17) is 0 Å². The van der Waals surface area contributed by atoms with E-state index >= 15 is 0 Å². The van der Waals surface area contributed by atoms with Gasteiger partial charge in [-0.25, -0.2) is 4.79 Å². The first-order valence-electron chi connectivity index (χ1n) is 6.99. The first-order valence-corrected chi connectivity index (χ1v) is 10.1. The minimum absolute atomic E-state index is 0.00296. The third-order valence-electron chi connectivity index (χ3n) is 3.15. The molecule has 118 valence electrons. The highest BCUT2D eigenvalue weighted by atomic mass is 32.7. The second-order valence-corrected chi connectivity index (χ2v) is 9.37. The Kier molecular flexibility index (Phi) is 5.51. The van der Waals surface area contributed by atoms with E-state index in [2.05, 4.69) is 10.4 Å². The average molecular weight is 338 g/mol.